The molecule has 10 heteroatoms. The molecule has 36 heavy (non-hydrogen) atoms. The van der Waals surface area contributed by atoms with Crippen molar-refractivity contribution in [3.05, 3.63) is 57.6 Å². The number of aliphatic hydroxyl groups excluding tert-OH is 3. The van der Waals surface area contributed by atoms with Gasteiger partial charge in [-0.1, -0.05) is 13.5 Å². The largest absolute Gasteiger partial charge is 0.510 e. The van der Waals surface area contributed by atoms with Gasteiger partial charge in [0, 0.05) is 17.1 Å². The molecule has 0 spiro atoms. The SMILES string of the molecule is C=C(C)c1cc(C)c2c(c1O)C(=O)C1=C(O)[C@]3(O)C(=O)C(C(N)=O)=C(O)[C@@H](N(C)C)[C@@H]3[C@@H](O)[C@@H]1[C@H]2C. The van der Waals surface area contributed by atoms with Crippen LogP contribution < -0.4 is 5.73 Å². The number of nitrogens with zero attached hydrogens (tertiary/aromatic N) is 1. The summed E-state index contributed by atoms with van der Waals surface area (Å²) in [5.74, 6) is -9.05. The Labute approximate surface area is 207 Å². The molecule has 3 aliphatic rings. The molecule has 0 saturated carbocycles. The second-order valence-corrected chi connectivity index (χ2v) is 10.2. The first-order valence-electron chi connectivity index (χ1n) is 11.5. The smallest absolute Gasteiger partial charge is 0.255 e. The minimum Gasteiger partial charge on any atom is -0.510 e. The highest BCUT2D eigenvalue weighted by molar-refractivity contribution is 6.25. The quantitative estimate of drug-likeness (QED) is 0.331. The predicted octanol–water partition coefficient (Wildman–Crippen LogP) is 0.994. The van der Waals surface area contributed by atoms with Gasteiger partial charge in [-0.05, 0) is 56.6 Å². The van der Waals surface area contributed by atoms with Crippen molar-refractivity contribution in [2.24, 2.45) is 17.6 Å². The minimum atomic E-state index is -2.93. The maximum Gasteiger partial charge on any atom is 0.255 e. The van der Waals surface area contributed by atoms with E-state index in [0.29, 0.717) is 22.3 Å². The first-order valence-corrected chi connectivity index (χ1v) is 11.5. The van der Waals surface area contributed by atoms with Crippen LogP contribution in [0, 0.1) is 18.8 Å². The lowest BCUT2D eigenvalue weighted by atomic mass is 9.55. The number of hydrogen-bond acceptors (Lipinski definition) is 9. The standard InChI is InChI=1S/C26H30N2O8/c1-8(2)11-7-9(3)12-10(4)13-15(20(30)14(12)19(11)29)23(33)26(36)17(21(13)31)18(28(5)6)22(32)16(24(26)34)25(27)35/h7,10,13,17-18,21,29,31-33,36H,1H2,2-6H3,(H2,27,35)/t10-,13+,17+,18-,21-,26-/m0/s1. The summed E-state index contributed by atoms with van der Waals surface area (Å²) in [5.41, 5.74) is 2.82. The molecule has 1 amide bonds. The average molecular weight is 499 g/mol. The number of fused-ring (bicyclic) bond motifs is 3. The Bertz CT molecular complexity index is 1320. The number of carbonyl (C=O) groups is 3. The van der Waals surface area contributed by atoms with E-state index in [0.717, 1.165) is 0 Å². The van der Waals surface area contributed by atoms with Gasteiger partial charge in [-0.15, -0.1) is 0 Å². The van der Waals surface area contributed by atoms with Gasteiger partial charge in [-0.3, -0.25) is 19.3 Å². The van der Waals surface area contributed by atoms with Crippen molar-refractivity contribution in [3.8, 4) is 5.75 Å². The Morgan fingerprint density at radius 3 is 2.28 bits per heavy atom. The van der Waals surface area contributed by atoms with Crippen LogP contribution >= 0.6 is 0 Å². The summed E-state index contributed by atoms with van der Waals surface area (Å²) in [6.45, 7) is 8.92. The number of primary amides is 1. The Morgan fingerprint density at radius 2 is 1.78 bits per heavy atom. The van der Waals surface area contributed by atoms with Crippen LogP contribution in [0.25, 0.3) is 5.57 Å². The monoisotopic (exact) mass is 498 g/mol. The van der Waals surface area contributed by atoms with E-state index in [1.54, 1.807) is 26.8 Å². The molecule has 3 aliphatic carbocycles. The second kappa shape index (κ2) is 8.02. The predicted molar refractivity (Wildman–Crippen MR) is 129 cm³/mol. The van der Waals surface area contributed by atoms with Gasteiger partial charge in [-0.2, -0.15) is 0 Å². The fraction of sp³-hybridized carbons (Fsp3) is 0.423. The molecule has 0 bridgehead atoms. The van der Waals surface area contributed by atoms with Gasteiger partial charge in [-0.25, -0.2) is 0 Å². The van der Waals surface area contributed by atoms with Gasteiger partial charge in [0.2, 0.25) is 5.78 Å². The molecule has 0 heterocycles. The fourth-order valence-electron chi connectivity index (χ4n) is 6.35. The van der Waals surface area contributed by atoms with Crippen molar-refractivity contribution in [3.63, 3.8) is 0 Å². The third-order valence-corrected chi connectivity index (χ3v) is 7.89. The summed E-state index contributed by atoms with van der Waals surface area (Å²) in [6, 6.07) is 0.388. The number of phenols is 1. The first-order chi connectivity index (χ1) is 16.6. The molecule has 4 rings (SSSR count). The molecule has 1 aromatic rings. The number of carbonyl (C=O) groups excluding carboxylic acids is 3. The number of nitrogens with two attached hydrogens (primary N) is 1. The number of aryl methyl sites for hydroxylation is 1. The van der Waals surface area contributed by atoms with Crippen molar-refractivity contribution in [1.82, 2.24) is 4.90 Å². The van der Waals surface area contributed by atoms with E-state index in [2.05, 4.69) is 6.58 Å². The summed E-state index contributed by atoms with van der Waals surface area (Å²) in [4.78, 5) is 40.6. The maximum atomic E-state index is 13.8. The zero-order valence-corrected chi connectivity index (χ0v) is 20.7. The van der Waals surface area contributed by atoms with E-state index in [-0.39, 0.29) is 11.3 Å². The summed E-state index contributed by atoms with van der Waals surface area (Å²) in [5, 5.41) is 56.5. The van der Waals surface area contributed by atoms with E-state index >= 15 is 0 Å². The number of amides is 1. The van der Waals surface area contributed by atoms with E-state index in [9.17, 15) is 39.9 Å². The van der Waals surface area contributed by atoms with Crippen LogP contribution in [0.3, 0.4) is 0 Å². The first kappa shape index (κ1) is 25.6. The Morgan fingerprint density at radius 1 is 1.19 bits per heavy atom. The maximum absolute atomic E-state index is 13.8. The van der Waals surface area contributed by atoms with Crippen molar-refractivity contribution in [1.29, 1.82) is 0 Å². The lowest BCUT2D eigenvalue weighted by molar-refractivity contribution is -0.162. The number of Topliss-reactive ketones (excluding diaryl/α,β-unsaturated/α-hetero) is 2. The lowest BCUT2D eigenvalue weighted by Crippen LogP contribution is -2.68. The molecule has 7 N–H and O–H groups in total. The van der Waals surface area contributed by atoms with Crippen LogP contribution in [0.1, 0.15) is 46.8 Å². The summed E-state index contributed by atoms with van der Waals surface area (Å²) >= 11 is 0. The Kier molecular flexibility index (Phi) is 5.71. The van der Waals surface area contributed by atoms with E-state index < -0.39 is 75.6 Å². The Balaban J connectivity index is 2.09. The highest BCUT2D eigenvalue weighted by Gasteiger charge is 2.67. The molecule has 0 fully saturated rings. The third-order valence-electron chi connectivity index (χ3n) is 7.89. The van der Waals surface area contributed by atoms with Crippen LogP contribution in [0.2, 0.25) is 0 Å². The molecule has 6 atom stereocenters. The lowest BCUT2D eigenvalue weighted by Gasteiger charge is -2.53. The van der Waals surface area contributed by atoms with Crippen molar-refractivity contribution in [2.45, 2.75) is 44.4 Å². The van der Waals surface area contributed by atoms with Crippen LogP contribution in [0.15, 0.2) is 35.3 Å². The van der Waals surface area contributed by atoms with Gasteiger partial charge >= 0.3 is 0 Å². The molecule has 10 nitrogen and oxygen atoms in total. The number of aliphatic hydroxyl groups is 4. The Hall–Kier alpha value is -3.47. The molecule has 0 unspecified atom stereocenters. The number of benzene rings is 1. The van der Waals surface area contributed by atoms with E-state index in [1.807, 2.05) is 0 Å². The number of allylic oxidation sites excluding steroid dienone is 1. The van der Waals surface area contributed by atoms with Crippen LogP contribution in [-0.4, -0.2) is 79.7 Å². The van der Waals surface area contributed by atoms with Crippen LogP contribution in [0.4, 0.5) is 0 Å². The van der Waals surface area contributed by atoms with Crippen molar-refractivity contribution in [2.75, 3.05) is 14.1 Å². The molecule has 0 radical (unpaired) electrons. The zero-order valence-electron chi connectivity index (χ0n) is 20.7. The summed E-state index contributed by atoms with van der Waals surface area (Å²) in [6.07, 6.45) is -1.62. The molecular formula is C26H30N2O8. The van der Waals surface area contributed by atoms with Crippen LogP contribution in [-0.2, 0) is 9.59 Å². The highest BCUT2D eigenvalue weighted by atomic mass is 16.4. The molecule has 192 valence electrons. The van der Waals surface area contributed by atoms with Gasteiger partial charge in [0.1, 0.15) is 22.8 Å². The molecule has 1 aromatic carbocycles. The van der Waals surface area contributed by atoms with Gasteiger partial charge in [0.15, 0.2) is 11.4 Å². The van der Waals surface area contributed by atoms with Gasteiger partial charge < -0.3 is 31.3 Å². The molecule has 0 saturated heterocycles. The van der Waals surface area contributed by atoms with Gasteiger partial charge in [0.05, 0.1) is 23.6 Å². The van der Waals surface area contributed by atoms with Gasteiger partial charge in [0.25, 0.3) is 5.91 Å². The normalized spacial score (nSPS) is 31.8. The van der Waals surface area contributed by atoms with Crippen molar-refractivity contribution < 1.29 is 39.9 Å². The number of likely N-dealkylation sites (N-methyl/N-ethyl adjacent to an activating group) is 1. The number of hydrogen-bond donors (Lipinski definition) is 6. The molecular weight excluding hydrogens is 468 g/mol. The summed E-state index contributed by atoms with van der Waals surface area (Å²) < 4.78 is 0. The van der Waals surface area contributed by atoms with Crippen LogP contribution in [0.5, 0.6) is 5.75 Å². The summed E-state index contributed by atoms with van der Waals surface area (Å²) in [7, 11) is 2.98. The number of aromatic hydroxyl groups is 1. The van der Waals surface area contributed by atoms with E-state index in [4.69, 9.17) is 5.73 Å². The number of rotatable bonds is 3. The average Bonchev–Trinajstić information content (AvgIpc) is 2.77. The minimum absolute atomic E-state index is 0.117. The topological polar surface area (TPSA) is 182 Å². The highest BCUT2D eigenvalue weighted by Crippen LogP contribution is 2.56. The van der Waals surface area contributed by atoms with E-state index in [1.165, 1.54) is 19.0 Å². The fourth-order valence-corrected chi connectivity index (χ4v) is 6.35. The second-order valence-electron chi connectivity index (χ2n) is 10.2. The third kappa shape index (κ3) is 2.98. The zero-order chi connectivity index (χ0) is 27.2. The number of ketones is 2. The van der Waals surface area contributed by atoms with Crippen molar-refractivity contribution >= 4 is 23.0 Å². The molecule has 0 aliphatic heterocycles. The molecule has 0 aromatic heterocycles. The number of phenolic OH excluding ortho intramolecular Hbond substituents is 1.